The molecule has 1 heterocycles. The van der Waals surface area contributed by atoms with E-state index in [0.717, 1.165) is 16.6 Å². The smallest absolute Gasteiger partial charge is 0.0379 e. The van der Waals surface area contributed by atoms with Gasteiger partial charge in [0.15, 0.2) is 0 Å². The molecule has 0 aliphatic rings. The molecular weight excluding hydrogens is 170 g/mol. The molecule has 1 aromatic heterocycles. The topological polar surface area (TPSA) is 12.9 Å². The van der Waals surface area contributed by atoms with Crippen molar-refractivity contribution in [2.75, 3.05) is 0 Å². The Hall–Kier alpha value is -1.81. The van der Waals surface area contributed by atoms with Crippen molar-refractivity contribution < 1.29 is 0 Å². The molecule has 0 aliphatic heterocycles. The molecule has 0 saturated carbocycles. The highest BCUT2D eigenvalue weighted by molar-refractivity contribution is 5.83. The van der Waals surface area contributed by atoms with Crippen molar-refractivity contribution in [2.45, 2.75) is 13.8 Å². The van der Waals surface area contributed by atoms with Gasteiger partial charge in [-0.25, -0.2) is 0 Å². The van der Waals surface area contributed by atoms with Gasteiger partial charge >= 0.3 is 0 Å². The lowest BCUT2D eigenvalue weighted by Gasteiger charge is -1.99. The monoisotopic (exact) mass is 181 g/mol. The molecule has 0 amide bonds. The summed E-state index contributed by atoms with van der Waals surface area (Å²) in [5.74, 6) is 5.93. The van der Waals surface area contributed by atoms with E-state index in [1.54, 1.807) is 0 Å². The Morgan fingerprint density at radius 3 is 2.79 bits per heavy atom. The quantitative estimate of drug-likeness (QED) is 0.569. The van der Waals surface area contributed by atoms with Crippen LogP contribution in [-0.4, -0.2) is 4.98 Å². The molecule has 14 heavy (non-hydrogen) atoms. The first-order chi connectivity index (χ1) is 6.79. The van der Waals surface area contributed by atoms with Gasteiger partial charge in [-0.15, -0.1) is 5.92 Å². The van der Waals surface area contributed by atoms with Gasteiger partial charge in [0.2, 0.25) is 0 Å². The third-order valence-electron chi connectivity index (χ3n) is 2.13. The van der Waals surface area contributed by atoms with Crippen LogP contribution in [0.25, 0.3) is 10.8 Å². The van der Waals surface area contributed by atoms with Crippen LogP contribution in [0.4, 0.5) is 0 Å². The van der Waals surface area contributed by atoms with E-state index in [-0.39, 0.29) is 0 Å². The Morgan fingerprint density at radius 2 is 2.00 bits per heavy atom. The first-order valence-electron chi connectivity index (χ1n) is 4.59. The number of rotatable bonds is 0. The summed E-state index contributed by atoms with van der Waals surface area (Å²) >= 11 is 0. The largest absolute Gasteiger partial charge is 0.261 e. The molecule has 1 heteroatoms. The van der Waals surface area contributed by atoms with Crippen LogP contribution in [0.2, 0.25) is 0 Å². The Bertz CT molecular complexity index is 530. The Kier molecular flexibility index (Phi) is 2.20. The van der Waals surface area contributed by atoms with Crippen molar-refractivity contribution in [2.24, 2.45) is 0 Å². The number of fused-ring (bicyclic) bond motifs is 1. The predicted molar refractivity (Wildman–Crippen MR) is 59.0 cm³/mol. The number of aromatic nitrogens is 1. The lowest BCUT2D eigenvalue weighted by Crippen LogP contribution is -1.82. The SMILES string of the molecule is CC#Cc1ccc2cc(C)ncc2c1. The maximum Gasteiger partial charge on any atom is 0.0379 e. The molecule has 0 saturated heterocycles. The molecule has 2 rings (SSSR count). The summed E-state index contributed by atoms with van der Waals surface area (Å²) in [5.41, 5.74) is 2.09. The van der Waals surface area contributed by atoms with Crippen LogP contribution >= 0.6 is 0 Å². The predicted octanol–water partition coefficient (Wildman–Crippen LogP) is 2.91. The molecule has 0 spiro atoms. The molecule has 0 radical (unpaired) electrons. The number of hydrogen-bond acceptors (Lipinski definition) is 1. The van der Waals surface area contributed by atoms with E-state index in [0.29, 0.717) is 0 Å². The highest BCUT2D eigenvalue weighted by Gasteiger charge is 1.95. The Balaban J connectivity index is 2.65. The Morgan fingerprint density at radius 1 is 1.14 bits per heavy atom. The maximum atomic E-state index is 4.26. The second-order valence-corrected chi connectivity index (χ2v) is 3.26. The lowest BCUT2D eigenvalue weighted by atomic mass is 10.1. The summed E-state index contributed by atoms with van der Waals surface area (Å²) in [7, 11) is 0. The number of nitrogens with zero attached hydrogens (tertiary/aromatic N) is 1. The van der Waals surface area contributed by atoms with E-state index < -0.39 is 0 Å². The number of benzene rings is 1. The molecular formula is C13H11N. The van der Waals surface area contributed by atoms with Gasteiger partial charge in [0.05, 0.1) is 0 Å². The first-order valence-corrected chi connectivity index (χ1v) is 4.59. The third-order valence-corrected chi connectivity index (χ3v) is 2.13. The fourth-order valence-corrected chi connectivity index (χ4v) is 1.47. The van der Waals surface area contributed by atoms with Gasteiger partial charge in [0.1, 0.15) is 0 Å². The van der Waals surface area contributed by atoms with Crippen molar-refractivity contribution in [1.82, 2.24) is 4.98 Å². The maximum absolute atomic E-state index is 4.26. The highest BCUT2D eigenvalue weighted by Crippen LogP contribution is 2.15. The normalized spacial score (nSPS) is 9.57. The number of aryl methyl sites for hydroxylation is 1. The number of pyridine rings is 1. The molecule has 0 N–H and O–H groups in total. The molecule has 0 atom stereocenters. The standard InChI is InChI=1S/C13H11N/c1-3-4-11-5-6-12-7-10(2)14-9-13(12)8-11/h5-9H,1-2H3. The van der Waals surface area contributed by atoms with Crippen LogP contribution in [0.3, 0.4) is 0 Å². The number of hydrogen-bond donors (Lipinski definition) is 0. The fraction of sp³-hybridized carbons (Fsp3) is 0.154. The van der Waals surface area contributed by atoms with Gasteiger partial charge in [-0.1, -0.05) is 12.0 Å². The summed E-state index contributed by atoms with van der Waals surface area (Å²) in [5, 5.41) is 2.37. The highest BCUT2D eigenvalue weighted by atomic mass is 14.6. The molecule has 0 aliphatic carbocycles. The first kappa shape index (κ1) is 8.77. The van der Waals surface area contributed by atoms with E-state index in [9.17, 15) is 0 Å². The van der Waals surface area contributed by atoms with Crippen LogP contribution in [0.15, 0.2) is 30.5 Å². The van der Waals surface area contributed by atoms with Gasteiger partial charge in [-0.2, -0.15) is 0 Å². The second-order valence-electron chi connectivity index (χ2n) is 3.26. The minimum atomic E-state index is 1.05. The van der Waals surface area contributed by atoms with Crippen LogP contribution in [0, 0.1) is 18.8 Å². The van der Waals surface area contributed by atoms with E-state index in [1.165, 1.54) is 5.39 Å². The average molecular weight is 181 g/mol. The van der Waals surface area contributed by atoms with E-state index in [2.05, 4.69) is 35.0 Å². The summed E-state index contributed by atoms with van der Waals surface area (Å²) in [4.78, 5) is 4.26. The molecule has 0 unspecified atom stereocenters. The second kappa shape index (κ2) is 3.51. The van der Waals surface area contributed by atoms with Gasteiger partial charge in [-0.05, 0) is 37.4 Å². The van der Waals surface area contributed by atoms with Crippen molar-refractivity contribution in [3.8, 4) is 11.8 Å². The molecule has 0 fully saturated rings. The van der Waals surface area contributed by atoms with E-state index in [1.807, 2.05) is 26.1 Å². The molecule has 0 bridgehead atoms. The van der Waals surface area contributed by atoms with Gasteiger partial charge in [0, 0.05) is 22.8 Å². The molecule has 1 nitrogen and oxygen atoms in total. The van der Waals surface area contributed by atoms with Gasteiger partial charge < -0.3 is 0 Å². The third kappa shape index (κ3) is 1.60. The summed E-state index contributed by atoms with van der Waals surface area (Å²) in [6.45, 7) is 3.84. The van der Waals surface area contributed by atoms with E-state index >= 15 is 0 Å². The average Bonchev–Trinajstić information content (AvgIpc) is 2.19. The zero-order valence-electron chi connectivity index (χ0n) is 8.33. The molecule has 68 valence electrons. The van der Waals surface area contributed by atoms with Crippen LogP contribution in [0.1, 0.15) is 18.2 Å². The van der Waals surface area contributed by atoms with E-state index in [4.69, 9.17) is 0 Å². The summed E-state index contributed by atoms with van der Waals surface area (Å²) in [6, 6.07) is 8.28. The minimum absolute atomic E-state index is 1.05. The molecule has 2 aromatic rings. The van der Waals surface area contributed by atoms with Crippen molar-refractivity contribution in [3.05, 3.63) is 41.7 Å². The zero-order chi connectivity index (χ0) is 9.97. The van der Waals surface area contributed by atoms with Crippen molar-refractivity contribution in [3.63, 3.8) is 0 Å². The van der Waals surface area contributed by atoms with Crippen LogP contribution < -0.4 is 0 Å². The summed E-state index contributed by atoms with van der Waals surface area (Å²) < 4.78 is 0. The van der Waals surface area contributed by atoms with Gasteiger partial charge in [-0.3, -0.25) is 4.98 Å². The summed E-state index contributed by atoms with van der Waals surface area (Å²) in [6.07, 6.45) is 1.89. The van der Waals surface area contributed by atoms with Crippen molar-refractivity contribution in [1.29, 1.82) is 0 Å². The van der Waals surface area contributed by atoms with Crippen LogP contribution in [-0.2, 0) is 0 Å². The van der Waals surface area contributed by atoms with Gasteiger partial charge in [0.25, 0.3) is 0 Å². The minimum Gasteiger partial charge on any atom is -0.261 e. The fourth-order valence-electron chi connectivity index (χ4n) is 1.47. The molecule has 1 aromatic carbocycles. The zero-order valence-corrected chi connectivity index (χ0v) is 8.33. The lowest BCUT2D eigenvalue weighted by molar-refractivity contribution is 1.22. The van der Waals surface area contributed by atoms with Crippen molar-refractivity contribution >= 4 is 10.8 Å². The Labute approximate surface area is 83.8 Å². The van der Waals surface area contributed by atoms with Crippen LogP contribution in [0.5, 0.6) is 0 Å².